The normalized spacial score (nSPS) is 19.0. The molecule has 0 aliphatic carbocycles. The molecule has 0 unspecified atom stereocenters. The Hall–Kier alpha value is -1.13. The van der Waals surface area contributed by atoms with Crippen molar-refractivity contribution in [3.05, 3.63) is 29.6 Å². The van der Waals surface area contributed by atoms with Gasteiger partial charge in [0.1, 0.15) is 0 Å². The zero-order valence-electron chi connectivity index (χ0n) is 9.99. The van der Waals surface area contributed by atoms with Crippen molar-refractivity contribution in [1.29, 1.82) is 0 Å². The molecule has 1 heterocycles. The average molecular weight is 239 g/mol. The number of nitrogens with two attached hydrogens (primary N) is 1. The Morgan fingerprint density at radius 2 is 2.12 bits per heavy atom. The van der Waals surface area contributed by atoms with Crippen molar-refractivity contribution < 1.29 is 13.9 Å². The Bertz CT molecular complexity index is 378. The third-order valence-corrected chi connectivity index (χ3v) is 3.33. The maximum Gasteiger partial charge on any atom is 0.165 e. The maximum absolute atomic E-state index is 13.3. The standard InChI is InChI=1S/C13H18FNO2/c1-16-12-8-10(2-3-11(12)14)13(15)9-4-6-17-7-5-9/h2-3,8-9,13H,4-7,15H2,1H3/t13-/m1/s1. The number of rotatable bonds is 3. The van der Waals surface area contributed by atoms with Crippen molar-refractivity contribution in [2.75, 3.05) is 20.3 Å². The highest BCUT2D eigenvalue weighted by atomic mass is 19.1. The molecule has 2 N–H and O–H groups in total. The average Bonchev–Trinajstić information content (AvgIpc) is 2.39. The quantitative estimate of drug-likeness (QED) is 0.880. The van der Waals surface area contributed by atoms with Gasteiger partial charge in [0.25, 0.3) is 0 Å². The van der Waals surface area contributed by atoms with Gasteiger partial charge in [0, 0.05) is 19.3 Å². The van der Waals surface area contributed by atoms with Crippen molar-refractivity contribution in [1.82, 2.24) is 0 Å². The summed E-state index contributed by atoms with van der Waals surface area (Å²) in [6, 6.07) is 4.76. The highest BCUT2D eigenvalue weighted by Crippen LogP contribution is 2.30. The lowest BCUT2D eigenvalue weighted by Gasteiger charge is -2.28. The first-order valence-corrected chi connectivity index (χ1v) is 5.89. The minimum absolute atomic E-state index is 0.0756. The highest BCUT2D eigenvalue weighted by molar-refractivity contribution is 5.32. The minimum atomic E-state index is -0.351. The Morgan fingerprint density at radius 1 is 1.41 bits per heavy atom. The van der Waals surface area contributed by atoms with Gasteiger partial charge in [0.15, 0.2) is 11.6 Å². The second-order valence-electron chi connectivity index (χ2n) is 4.37. The van der Waals surface area contributed by atoms with E-state index in [9.17, 15) is 4.39 Å². The summed E-state index contributed by atoms with van der Waals surface area (Å²) in [5.41, 5.74) is 7.14. The molecule has 0 radical (unpaired) electrons. The summed E-state index contributed by atoms with van der Waals surface area (Å²) >= 11 is 0. The van der Waals surface area contributed by atoms with Gasteiger partial charge in [0.05, 0.1) is 7.11 Å². The predicted molar refractivity (Wildman–Crippen MR) is 63.4 cm³/mol. The molecule has 0 saturated carbocycles. The van der Waals surface area contributed by atoms with Gasteiger partial charge in [-0.1, -0.05) is 6.07 Å². The first kappa shape index (κ1) is 12.3. The molecular formula is C13H18FNO2. The van der Waals surface area contributed by atoms with Crippen LogP contribution in [0.3, 0.4) is 0 Å². The number of hydrogen-bond acceptors (Lipinski definition) is 3. The van der Waals surface area contributed by atoms with Crippen LogP contribution in [0, 0.1) is 11.7 Å². The van der Waals surface area contributed by atoms with E-state index in [4.69, 9.17) is 15.2 Å². The van der Waals surface area contributed by atoms with Crippen LogP contribution >= 0.6 is 0 Å². The molecule has 1 aromatic rings. The minimum Gasteiger partial charge on any atom is -0.494 e. The second kappa shape index (κ2) is 5.47. The Morgan fingerprint density at radius 3 is 2.76 bits per heavy atom. The zero-order chi connectivity index (χ0) is 12.3. The van der Waals surface area contributed by atoms with Gasteiger partial charge >= 0.3 is 0 Å². The topological polar surface area (TPSA) is 44.5 Å². The highest BCUT2D eigenvalue weighted by Gasteiger charge is 2.23. The predicted octanol–water partition coefficient (Wildman–Crippen LogP) is 2.26. The van der Waals surface area contributed by atoms with Gasteiger partial charge in [0.2, 0.25) is 0 Å². The zero-order valence-corrected chi connectivity index (χ0v) is 9.99. The van der Waals surface area contributed by atoms with E-state index in [0.29, 0.717) is 5.92 Å². The summed E-state index contributed by atoms with van der Waals surface area (Å²) in [4.78, 5) is 0. The van der Waals surface area contributed by atoms with Gasteiger partial charge in [-0.2, -0.15) is 0 Å². The van der Waals surface area contributed by atoms with E-state index in [0.717, 1.165) is 31.6 Å². The summed E-state index contributed by atoms with van der Waals surface area (Å²) in [7, 11) is 1.46. The summed E-state index contributed by atoms with van der Waals surface area (Å²) in [6.07, 6.45) is 1.92. The van der Waals surface area contributed by atoms with Crippen molar-refractivity contribution in [3.8, 4) is 5.75 Å². The molecule has 1 saturated heterocycles. The van der Waals surface area contributed by atoms with E-state index < -0.39 is 0 Å². The third kappa shape index (κ3) is 2.76. The van der Waals surface area contributed by atoms with Gasteiger partial charge in [-0.15, -0.1) is 0 Å². The lowest BCUT2D eigenvalue weighted by atomic mass is 9.88. The van der Waals surface area contributed by atoms with E-state index in [1.165, 1.54) is 13.2 Å². The molecule has 17 heavy (non-hydrogen) atoms. The van der Waals surface area contributed by atoms with Crippen molar-refractivity contribution >= 4 is 0 Å². The van der Waals surface area contributed by atoms with Crippen LogP contribution in [0.5, 0.6) is 5.75 Å². The molecular weight excluding hydrogens is 221 g/mol. The van der Waals surface area contributed by atoms with E-state index in [2.05, 4.69) is 0 Å². The third-order valence-electron chi connectivity index (χ3n) is 3.33. The fourth-order valence-electron chi connectivity index (χ4n) is 2.23. The molecule has 1 aliphatic rings. The van der Waals surface area contributed by atoms with Crippen LogP contribution in [0.1, 0.15) is 24.4 Å². The summed E-state index contributed by atoms with van der Waals surface area (Å²) in [5.74, 6) is 0.305. The summed E-state index contributed by atoms with van der Waals surface area (Å²) in [5, 5.41) is 0. The number of halogens is 1. The van der Waals surface area contributed by atoms with Crippen LogP contribution in [0.15, 0.2) is 18.2 Å². The smallest absolute Gasteiger partial charge is 0.165 e. The number of ether oxygens (including phenoxy) is 2. The molecule has 0 bridgehead atoms. The lowest BCUT2D eigenvalue weighted by molar-refractivity contribution is 0.0583. The van der Waals surface area contributed by atoms with Gasteiger partial charge in [-0.25, -0.2) is 4.39 Å². The first-order valence-electron chi connectivity index (χ1n) is 5.89. The Kier molecular flexibility index (Phi) is 3.97. The van der Waals surface area contributed by atoms with Crippen LogP contribution in [-0.2, 0) is 4.74 Å². The van der Waals surface area contributed by atoms with E-state index >= 15 is 0 Å². The second-order valence-corrected chi connectivity index (χ2v) is 4.37. The molecule has 0 amide bonds. The molecule has 4 heteroatoms. The van der Waals surface area contributed by atoms with E-state index in [1.807, 2.05) is 0 Å². The van der Waals surface area contributed by atoms with Crippen LogP contribution < -0.4 is 10.5 Å². The SMILES string of the molecule is COc1cc([C@H](N)C2CCOCC2)ccc1F. The molecule has 1 aromatic carbocycles. The fourth-order valence-corrected chi connectivity index (χ4v) is 2.23. The van der Waals surface area contributed by atoms with E-state index in [1.54, 1.807) is 12.1 Å². The molecule has 1 fully saturated rings. The van der Waals surface area contributed by atoms with Crippen molar-refractivity contribution in [3.63, 3.8) is 0 Å². The summed E-state index contributed by atoms with van der Waals surface area (Å²) in [6.45, 7) is 1.52. The molecule has 1 aliphatic heterocycles. The first-order chi connectivity index (χ1) is 8.22. The van der Waals surface area contributed by atoms with E-state index in [-0.39, 0.29) is 17.6 Å². The molecule has 0 spiro atoms. The van der Waals surface area contributed by atoms with Crippen molar-refractivity contribution in [2.24, 2.45) is 11.7 Å². The van der Waals surface area contributed by atoms with Crippen molar-refractivity contribution in [2.45, 2.75) is 18.9 Å². The molecule has 1 atom stereocenters. The Labute approximate surface area is 101 Å². The lowest BCUT2D eigenvalue weighted by Crippen LogP contribution is -2.27. The van der Waals surface area contributed by atoms with Gasteiger partial charge in [-0.3, -0.25) is 0 Å². The number of hydrogen-bond donors (Lipinski definition) is 1. The molecule has 0 aromatic heterocycles. The number of benzene rings is 1. The van der Waals surface area contributed by atoms with Crippen LogP contribution in [-0.4, -0.2) is 20.3 Å². The maximum atomic E-state index is 13.3. The number of methoxy groups -OCH3 is 1. The molecule has 3 nitrogen and oxygen atoms in total. The van der Waals surface area contributed by atoms with Gasteiger partial charge < -0.3 is 15.2 Å². The van der Waals surface area contributed by atoms with Crippen LogP contribution in [0.25, 0.3) is 0 Å². The molecule has 2 rings (SSSR count). The Balaban J connectivity index is 2.15. The molecule has 94 valence electrons. The van der Waals surface area contributed by atoms with Crippen LogP contribution in [0.4, 0.5) is 4.39 Å². The van der Waals surface area contributed by atoms with Crippen LogP contribution in [0.2, 0.25) is 0 Å². The summed E-state index contributed by atoms with van der Waals surface area (Å²) < 4.78 is 23.6. The monoisotopic (exact) mass is 239 g/mol. The fraction of sp³-hybridized carbons (Fsp3) is 0.538. The van der Waals surface area contributed by atoms with Gasteiger partial charge in [-0.05, 0) is 36.5 Å². The largest absolute Gasteiger partial charge is 0.494 e.